The van der Waals surface area contributed by atoms with Gasteiger partial charge >= 0.3 is 0 Å². The van der Waals surface area contributed by atoms with Gasteiger partial charge in [0.15, 0.2) is 24.6 Å². The number of rotatable bonds is 4. The molecule has 0 amide bonds. The van der Waals surface area contributed by atoms with Crippen molar-refractivity contribution in [2.24, 2.45) is 0 Å². The molecule has 0 saturated heterocycles. The maximum absolute atomic E-state index is 16.4. The predicted molar refractivity (Wildman–Crippen MR) is 210 cm³/mol. The summed E-state index contributed by atoms with van der Waals surface area (Å²) < 4.78 is 16.4. The van der Waals surface area contributed by atoms with Crippen molar-refractivity contribution in [2.45, 2.75) is 32.4 Å². The SMILES string of the molecule is CC1(C)c2ccccc2-c2cc3c(cc21)[Si](C)(C)c1ccc(-c2nc(-c4ccccc4)nc(-c4ccccc4)n2)cc1P3(=O)c1ccccc1. The summed E-state index contributed by atoms with van der Waals surface area (Å²) in [6.45, 7) is 9.45. The summed E-state index contributed by atoms with van der Waals surface area (Å²) in [5.41, 5.74) is 7.61. The molecule has 1 aliphatic heterocycles. The molecule has 7 aromatic rings. The Labute approximate surface area is 294 Å². The molecule has 4 nitrogen and oxygen atoms in total. The third kappa shape index (κ3) is 4.50. The van der Waals surface area contributed by atoms with Gasteiger partial charge in [0.05, 0.1) is 0 Å². The normalized spacial score (nSPS) is 17.7. The van der Waals surface area contributed by atoms with E-state index in [1.54, 1.807) is 0 Å². The number of nitrogens with zero attached hydrogens (tertiary/aromatic N) is 3. The van der Waals surface area contributed by atoms with Crippen molar-refractivity contribution in [3.8, 4) is 45.3 Å². The Morgan fingerprint density at radius 1 is 0.500 bits per heavy atom. The first-order valence-corrected chi connectivity index (χ1v) is 21.9. The summed E-state index contributed by atoms with van der Waals surface area (Å²) in [7, 11) is -5.67. The van der Waals surface area contributed by atoms with Gasteiger partial charge in [-0.3, -0.25) is 0 Å². The smallest absolute Gasteiger partial charge is 0.170 e. The van der Waals surface area contributed by atoms with Crippen LogP contribution in [-0.4, -0.2) is 23.0 Å². The summed E-state index contributed by atoms with van der Waals surface area (Å²) in [6, 6.07) is 50.0. The monoisotopic (exact) mass is 681 g/mol. The van der Waals surface area contributed by atoms with Gasteiger partial charge in [-0.15, -0.1) is 0 Å². The van der Waals surface area contributed by atoms with Crippen LogP contribution in [0, 0.1) is 0 Å². The molecule has 0 fully saturated rings. The molecule has 9 rings (SSSR count). The van der Waals surface area contributed by atoms with Crippen LogP contribution in [0.15, 0.2) is 146 Å². The van der Waals surface area contributed by atoms with E-state index in [1.807, 2.05) is 91.0 Å². The second kappa shape index (κ2) is 11.1. The molecule has 0 N–H and O–H groups in total. The Kier molecular flexibility index (Phi) is 6.87. The van der Waals surface area contributed by atoms with Crippen LogP contribution in [0.25, 0.3) is 45.3 Å². The number of hydrogen-bond donors (Lipinski definition) is 0. The van der Waals surface area contributed by atoms with Crippen LogP contribution in [0.2, 0.25) is 13.1 Å². The minimum atomic E-state index is -3.34. The molecular formula is C44H36N3OPSi. The van der Waals surface area contributed by atoms with Crippen LogP contribution < -0.4 is 26.3 Å². The summed E-state index contributed by atoms with van der Waals surface area (Å²) in [5.74, 6) is 1.78. The fourth-order valence-corrected chi connectivity index (χ4v) is 16.3. The van der Waals surface area contributed by atoms with Crippen molar-refractivity contribution in [1.82, 2.24) is 15.0 Å². The molecule has 6 aromatic carbocycles. The summed E-state index contributed by atoms with van der Waals surface area (Å²) in [5, 5.41) is 5.19. The molecule has 0 spiro atoms. The molecule has 2 heterocycles. The maximum atomic E-state index is 16.4. The Morgan fingerprint density at radius 3 is 1.64 bits per heavy atom. The average Bonchev–Trinajstić information content (AvgIpc) is 3.39. The molecular weight excluding hydrogens is 646 g/mol. The molecule has 1 atom stereocenters. The lowest BCUT2D eigenvalue weighted by molar-refractivity contribution is 0.592. The van der Waals surface area contributed by atoms with Gasteiger partial charge in [-0.25, -0.2) is 15.0 Å². The minimum absolute atomic E-state index is 0.141. The van der Waals surface area contributed by atoms with Crippen molar-refractivity contribution < 1.29 is 4.57 Å². The quantitative estimate of drug-likeness (QED) is 0.140. The fourth-order valence-electron chi connectivity index (χ4n) is 8.09. The summed E-state index contributed by atoms with van der Waals surface area (Å²) in [6.07, 6.45) is 0. The fraction of sp³-hybridized carbons (Fsp3) is 0.114. The topological polar surface area (TPSA) is 55.7 Å². The van der Waals surface area contributed by atoms with Gasteiger partial charge < -0.3 is 4.57 Å². The molecule has 1 aliphatic carbocycles. The van der Waals surface area contributed by atoms with Crippen LogP contribution in [0.4, 0.5) is 0 Å². The second-order valence-corrected chi connectivity index (χ2v) is 21.5. The third-order valence-corrected chi connectivity index (χ3v) is 17.9. The highest BCUT2D eigenvalue weighted by atomic mass is 31.2. The first-order valence-electron chi connectivity index (χ1n) is 17.1. The lowest BCUT2D eigenvalue weighted by atomic mass is 9.82. The maximum Gasteiger partial charge on any atom is 0.170 e. The second-order valence-electron chi connectivity index (χ2n) is 14.4. The molecule has 1 aromatic heterocycles. The molecule has 1 unspecified atom stereocenters. The van der Waals surface area contributed by atoms with E-state index in [0.29, 0.717) is 17.5 Å². The molecule has 6 heteroatoms. The lowest BCUT2D eigenvalue weighted by Gasteiger charge is -2.39. The Morgan fingerprint density at radius 2 is 1.02 bits per heavy atom. The van der Waals surface area contributed by atoms with Gasteiger partial charge in [0.1, 0.15) is 8.07 Å². The predicted octanol–water partition coefficient (Wildman–Crippen LogP) is 7.95. The van der Waals surface area contributed by atoms with Crippen molar-refractivity contribution in [2.75, 3.05) is 0 Å². The van der Waals surface area contributed by atoms with Gasteiger partial charge in [-0.05, 0) is 44.8 Å². The number of benzene rings is 6. The van der Waals surface area contributed by atoms with E-state index < -0.39 is 15.2 Å². The first-order chi connectivity index (χ1) is 24.2. The van der Waals surface area contributed by atoms with E-state index in [0.717, 1.165) is 32.6 Å². The minimum Gasteiger partial charge on any atom is -0.309 e. The number of aromatic nitrogens is 3. The van der Waals surface area contributed by atoms with Crippen LogP contribution in [0.1, 0.15) is 25.0 Å². The lowest BCUT2D eigenvalue weighted by Crippen LogP contribution is -2.67. The Balaban J connectivity index is 1.31. The highest BCUT2D eigenvalue weighted by Gasteiger charge is 2.48. The van der Waals surface area contributed by atoms with Gasteiger partial charge in [0.2, 0.25) is 0 Å². The van der Waals surface area contributed by atoms with Crippen LogP contribution in [0.5, 0.6) is 0 Å². The molecule has 0 saturated carbocycles. The summed E-state index contributed by atoms with van der Waals surface area (Å²) >= 11 is 0. The molecule has 242 valence electrons. The van der Waals surface area contributed by atoms with Crippen molar-refractivity contribution in [3.05, 3.63) is 157 Å². The largest absolute Gasteiger partial charge is 0.309 e. The van der Waals surface area contributed by atoms with Crippen LogP contribution >= 0.6 is 7.14 Å². The van der Waals surface area contributed by atoms with Crippen LogP contribution in [0.3, 0.4) is 0 Å². The molecule has 2 aliphatic rings. The van der Waals surface area contributed by atoms with Crippen molar-refractivity contribution in [1.29, 1.82) is 0 Å². The van der Waals surface area contributed by atoms with Crippen molar-refractivity contribution in [3.63, 3.8) is 0 Å². The average molecular weight is 682 g/mol. The van der Waals surface area contributed by atoms with E-state index in [2.05, 4.69) is 81.5 Å². The molecule has 0 bridgehead atoms. The number of fused-ring (bicyclic) bond motifs is 5. The van der Waals surface area contributed by atoms with Gasteiger partial charge in [-0.1, -0.05) is 160 Å². The molecule has 50 heavy (non-hydrogen) atoms. The van der Waals surface area contributed by atoms with Crippen LogP contribution in [-0.2, 0) is 9.98 Å². The highest BCUT2D eigenvalue weighted by molar-refractivity contribution is 7.87. The van der Waals surface area contributed by atoms with Crippen molar-refractivity contribution >= 4 is 41.5 Å². The zero-order valence-electron chi connectivity index (χ0n) is 28.6. The van der Waals surface area contributed by atoms with E-state index in [1.165, 1.54) is 32.6 Å². The standard InChI is InChI=1S/C44H36N3OPSi/c1-44(2)35-23-15-14-22-33(35)34-27-38-40(28-36(34)44)50(3,4)39-25-24-31(26-37(39)49(38,48)32-20-12-7-13-21-32)43-46-41(29-16-8-5-9-17-29)45-42(47-43)30-18-10-6-11-19-30/h5-28H,1-4H3. The van der Waals surface area contributed by atoms with Gasteiger partial charge in [0.25, 0.3) is 0 Å². The van der Waals surface area contributed by atoms with E-state index >= 15 is 4.57 Å². The Hall–Kier alpha value is -5.22. The zero-order chi connectivity index (χ0) is 34.3. The summed E-state index contributed by atoms with van der Waals surface area (Å²) in [4.78, 5) is 15.0. The van der Waals surface area contributed by atoms with Gasteiger partial charge in [0, 0.05) is 38.0 Å². The third-order valence-electron chi connectivity index (χ3n) is 10.8. The van der Waals surface area contributed by atoms with E-state index in [9.17, 15) is 0 Å². The highest BCUT2D eigenvalue weighted by Crippen LogP contribution is 2.51. The first kappa shape index (κ1) is 30.8. The zero-order valence-corrected chi connectivity index (χ0v) is 30.4. The Bertz CT molecular complexity index is 2460. The van der Waals surface area contributed by atoms with Gasteiger partial charge in [-0.2, -0.15) is 0 Å². The van der Waals surface area contributed by atoms with E-state index in [-0.39, 0.29) is 5.41 Å². The molecule has 0 radical (unpaired) electrons. The van der Waals surface area contributed by atoms with E-state index in [4.69, 9.17) is 15.0 Å². The number of hydrogen-bond acceptors (Lipinski definition) is 4.